The van der Waals surface area contributed by atoms with Crippen molar-refractivity contribution in [1.82, 2.24) is 15.1 Å². The quantitative estimate of drug-likeness (QED) is 0.833. The van der Waals surface area contributed by atoms with Crippen LogP contribution in [0, 0.1) is 5.92 Å². The Hall–Kier alpha value is -0.610. The van der Waals surface area contributed by atoms with Gasteiger partial charge in [-0.2, -0.15) is 0 Å². The molecule has 1 saturated heterocycles. The second kappa shape index (κ2) is 4.70. The lowest BCUT2D eigenvalue weighted by Crippen LogP contribution is -2.59. The molecule has 1 aliphatic heterocycles. The highest BCUT2D eigenvalue weighted by atomic mass is 16.2. The van der Waals surface area contributed by atoms with Gasteiger partial charge in [0.1, 0.15) is 0 Å². The molecule has 3 aliphatic rings. The monoisotopic (exact) mass is 279 g/mol. The zero-order valence-corrected chi connectivity index (χ0v) is 13.4. The molecule has 2 saturated carbocycles. The number of nitrogens with zero attached hydrogens (tertiary/aromatic N) is 2. The van der Waals surface area contributed by atoms with Crippen molar-refractivity contribution < 1.29 is 4.79 Å². The number of nitrogens with one attached hydrogen (secondary N) is 1. The van der Waals surface area contributed by atoms with Crippen LogP contribution in [0.15, 0.2) is 0 Å². The number of rotatable bonds is 5. The molecular weight excluding hydrogens is 250 g/mol. The minimum Gasteiger partial charge on any atom is -0.324 e. The number of carbonyl (C=O) groups is 1. The third kappa shape index (κ3) is 2.17. The lowest BCUT2D eigenvalue weighted by atomic mass is 9.75. The van der Waals surface area contributed by atoms with E-state index >= 15 is 0 Å². The summed E-state index contributed by atoms with van der Waals surface area (Å²) in [7, 11) is 4.33. The molecule has 1 unspecified atom stereocenters. The third-order valence-electron chi connectivity index (χ3n) is 5.63. The SMILES string of the molecule is CC(C)CC1NC2(CC2)C(=O)N1CC1(N(C)C)CCC1. The minimum atomic E-state index is -0.170. The van der Waals surface area contributed by atoms with E-state index in [1.807, 2.05) is 0 Å². The Labute approximate surface area is 122 Å². The van der Waals surface area contributed by atoms with Crippen LogP contribution < -0.4 is 5.32 Å². The number of hydrogen-bond donors (Lipinski definition) is 1. The van der Waals surface area contributed by atoms with Gasteiger partial charge in [0.15, 0.2) is 0 Å². The minimum absolute atomic E-state index is 0.170. The van der Waals surface area contributed by atoms with E-state index in [2.05, 4.69) is 43.1 Å². The van der Waals surface area contributed by atoms with Crippen LogP contribution in [0.5, 0.6) is 0 Å². The molecule has 1 spiro atoms. The largest absolute Gasteiger partial charge is 0.324 e. The van der Waals surface area contributed by atoms with Gasteiger partial charge in [0.25, 0.3) is 0 Å². The summed E-state index contributed by atoms with van der Waals surface area (Å²) >= 11 is 0. The highest BCUT2D eigenvalue weighted by Crippen LogP contribution is 2.45. The van der Waals surface area contributed by atoms with Crippen LogP contribution in [0.25, 0.3) is 0 Å². The fourth-order valence-electron chi connectivity index (χ4n) is 3.82. The van der Waals surface area contributed by atoms with Crippen LogP contribution >= 0.6 is 0 Å². The van der Waals surface area contributed by atoms with Crippen molar-refractivity contribution in [2.75, 3.05) is 20.6 Å². The Morgan fingerprint density at radius 3 is 2.35 bits per heavy atom. The van der Waals surface area contributed by atoms with Gasteiger partial charge < -0.3 is 9.80 Å². The molecule has 2 aliphatic carbocycles. The first-order chi connectivity index (χ1) is 9.39. The smallest absolute Gasteiger partial charge is 0.244 e. The van der Waals surface area contributed by atoms with Gasteiger partial charge >= 0.3 is 0 Å². The summed E-state index contributed by atoms with van der Waals surface area (Å²) < 4.78 is 0. The molecule has 1 N–H and O–H groups in total. The van der Waals surface area contributed by atoms with Crippen molar-refractivity contribution >= 4 is 5.91 Å². The first-order valence-corrected chi connectivity index (χ1v) is 8.15. The van der Waals surface area contributed by atoms with Gasteiger partial charge in [-0.05, 0) is 58.5 Å². The van der Waals surface area contributed by atoms with E-state index in [0.717, 1.165) is 25.8 Å². The second-order valence-corrected chi connectivity index (χ2v) is 7.78. The van der Waals surface area contributed by atoms with Gasteiger partial charge in [0, 0.05) is 12.1 Å². The molecule has 0 bridgehead atoms. The highest BCUT2D eigenvalue weighted by Gasteiger charge is 2.60. The molecule has 0 aromatic carbocycles. The van der Waals surface area contributed by atoms with Crippen molar-refractivity contribution in [2.24, 2.45) is 5.92 Å². The molecule has 114 valence electrons. The molecule has 4 nitrogen and oxygen atoms in total. The Balaban J connectivity index is 1.76. The van der Waals surface area contributed by atoms with E-state index in [9.17, 15) is 4.79 Å². The Morgan fingerprint density at radius 1 is 1.30 bits per heavy atom. The van der Waals surface area contributed by atoms with Crippen LogP contribution in [0.3, 0.4) is 0 Å². The highest BCUT2D eigenvalue weighted by molar-refractivity contribution is 5.91. The van der Waals surface area contributed by atoms with Crippen LogP contribution in [0.1, 0.15) is 52.4 Å². The molecule has 3 rings (SSSR count). The Kier molecular flexibility index (Phi) is 3.37. The van der Waals surface area contributed by atoms with Crippen molar-refractivity contribution in [3.63, 3.8) is 0 Å². The molecule has 1 amide bonds. The standard InChI is InChI=1S/C16H29N3O/c1-12(2)10-13-17-16(8-9-16)14(20)19(13)11-15(18(3)4)6-5-7-15/h12-13,17H,5-11H2,1-4H3. The maximum Gasteiger partial charge on any atom is 0.244 e. The number of amides is 1. The Morgan fingerprint density at radius 2 is 1.95 bits per heavy atom. The molecule has 1 atom stereocenters. The maximum atomic E-state index is 12.8. The summed E-state index contributed by atoms with van der Waals surface area (Å²) in [6.45, 7) is 5.39. The number of hydrogen-bond acceptors (Lipinski definition) is 3. The van der Waals surface area contributed by atoms with Crippen LogP contribution in [0.4, 0.5) is 0 Å². The van der Waals surface area contributed by atoms with E-state index < -0.39 is 0 Å². The number of likely N-dealkylation sites (N-methyl/N-ethyl adjacent to an activating group) is 1. The fourth-order valence-corrected chi connectivity index (χ4v) is 3.82. The summed E-state index contributed by atoms with van der Waals surface area (Å²) in [4.78, 5) is 17.3. The van der Waals surface area contributed by atoms with Gasteiger partial charge in [-0.3, -0.25) is 10.1 Å². The summed E-state index contributed by atoms with van der Waals surface area (Å²) in [6, 6.07) is 0. The molecular formula is C16H29N3O. The van der Waals surface area contributed by atoms with Gasteiger partial charge in [-0.15, -0.1) is 0 Å². The van der Waals surface area contributed by atoms with E-state index in [0.29, 0.717) is 11.8 Å². The van der Waals surface area contributed by atoms with Crippen molar-refractivity contribution in [3.05, 3.63) is 0 Å². The van der Waals surface area contributed by atoms with Gasteiger partial charge in [-0.1, -0.05) is 13.8 Å². The zero-order chi connectivity index (χ0) is 14.5. The van der Waals surface area contributed by atoms with Crippen LogP contribution in [-0.4, -0.2) is 53.6 Å². The predicted molar refractivity (Wildman–Crippen MR) is 80.3 cm³/mol. The van der Waals surface area contributed by atoms with E-state index in [1.165, 1.54) is 19.3 Å². The molecule has 3 fully saturated rings. The van der Waals surface area contributed by atoms with Crippen molar-refractivity contribution in [1.29, 1.82) is 0 Å². The summed E-state index contributed by atoms with van der Waals surface area (Å²) in [5, 5.41) is 3.64. The third-order valence-corrected chi connectivity index (χ3v) is 5.63. The predicted octanol–water partition coefficient (Wildman–Crippen LogP) is 1.81. The lowest BCUT2D eigenvalue weighted by molar-refractivity contribution is -0.134. The summed E-state index contributed by atoms with van der Waals surface area (Å²) in [5.74, 6) is 0.990. The molecule has 0 radical (unpaired) electrons. The topological polar surface area (TPSA) is 35.6 Å². The lowest BCUT2D eigenvalue weighted by Gasteiger charge is -2.50. The zero-order valence-electron chi connectivity index (χ0n) is 13.4. The van der Waals surface area contributed by atoms with Crippen molar-refractivity contribution in [3.8, 4) is 0 Å². The van der Waals surface area contributed by atoms with Gasteiger partial charge in [0.2, 0.25) is 5.91 Å². The maximum absolute atomic E-state index is 12.8. The first-order valence-electron chi connectivity index (χ1n) is 8.15. The fraction of sp³-hybridized carbons (Fsp3) is 0.938. The van der Waals surface area contributed by atoms with E-state index in [1.54, 1.807) is 0 Å². The molecule has 4 heteroatoms. The molecule has 0 aromatic heterocycles. The van der Waals surface area contributed by atoms with Gasteiger partial charge in [-0.25, -0.2) is 0 Å². The normalized spacial score (nSPS) is 30.4. The average Bonchev–Trinajstić information content (AvgIpc) is 3.01. The summed E-state index contributed by atoms with van der Waals surface area (Å²) in [6.07, 6.45) is 7.14. The van der Waals surface area contributed by atoms with E-state index in [4.69, 9.17) is 0 Å². The molecule has 20 heavy (non-hydrogen) atoms. The van der Waals surface area contributed by atoms with Gasteiger partial charge in [0.05, 0.1) is 11.7 Å². The van der Waals surface area contributed by atoms with E-state index in [-0.39, 0.29) is 17.2 Å². The van der Waals surface area contributed by atoms with Crippen LogP contribution in [0.2, 0.25) is 0 Å². The summed E-state index contributed by atoms with van der Waals surface area (Å²) in [5.41, 5.74) is 0.0593. The van der Waals surface area contributed by atoms with Crippen LogP contribution in [-0.2, 0) is 4.79 Å². The Bertz CT molecular complexity index is 397. The molecule has 0 aromatic rings. The number of carbonyl (C=O) groups excluding carboxylic acids is 1. The van der Waals surface area contributed by atoms with Crippen molar-refractivity contribution in [2.45, 2.75) is 69.6 Å². The first kappa shape index (κ1) is 14.3. The average molecular weight is 279 g/mol. The second-order valence-electron chi connectivity index (χ2n) is 7.78. The molecule has 1 heterocycles.